The number of carbonyl (C=O) groups excluding carboxylic acids is 1. The quantitative estimate of drug-likeness (QED) is 0.746. The predicted molar refractivity (Wildman–Crippen MR) is 108 cm³/mol. The van der Waals surface area contributed by atoms with Gasteiger partial charge in [-0.25, -0.2) is 13.8 Å². The molecule has 29 heavy (non-hydrogen) atoms. The van der Waals surface area contributed by atoms with Crippen LogP contribution >= 0.6 is 11.3 Å². The SMILES string of the molecule is COc1ccc(OC)c2sc(N3CCC(C(=O)N4CCC(F)(F)CC4)CC3)nc12. The second-order valence-corrected chi connectivity index (χ2v) is 8.56. The number of carbonyl (C=O) groups is 1. The van der Waals surface area contributed by atoms with Crippen LogP contribution in [-0.4, -0.2) is 62.1 Å². The third-order valence-electron chi connectivity index (χ3n) is 5.82. The van der Waals surface area contributed by atoms with Gasteiger partial charge in [-0.3, -0.25) is 4.79 Å². The Kier molecular flexibility index (Phi) is 5.50. The molecule has 0 atom stereocenters. The summed E-state index contributed by atoms with van der Waals surface area (Å²) in [5, 5.41) is 0.881. The number of ether oxygens (including phenoxy) is 2. The Morgan fingerprint density at radius 1 is 1.10 bits per heavy atom. The van der Waals surface area contributed by atoms with Crippen LogP contribution in [0.1, 0.15) is 25.7 Å². The molecule has 158 valence electrons. The molecule has 6 nitrogen and oxygen atoms in total. The second kappa shape index (κ2) is 7.93. The molecule has 0 spiro atoms. The van der Waals surface area contributed by atoms with Crippen LogP contribution < -0.4 is 14.4 Å². The summed E-state index contributed by atoms with van der Waals surface area (Å²) in [6, 6.07) is 3.72. The molecule has 0 saturated carbocycles. The zero-order chi connectivity index (χ0) is 20.6. The van der Waals surface area contributed by atoms with Crippen LogP contribution in [0, 0.1) is 5.92 Å². The van der Waals surface area contributed by atoms with Gasteiger partial charge in [-0.05, 0) is 25.0 Å². The van der Waals surface area contributed by atoms with Gasteiger partial charge in [0.15, 0.2) is 5.13 Å². The van der Waals surface area contributed by atoms with E-state index in [9.17, 15) is 13.6 Å². The highest BCUT2D eigenvalue weighted by Gasteiger charge is 2.38. The van der Waals surface area contributed by atoms with E-state index >= 15 is 0 Å². The minimum absolute atomic E-state index is 0.0211. The molecule has 0 unspecified atom stereocenters. The van der Waals surface area contributed by atoms with E-state index < -0.39 is 5.92 Å². The van der Waals surface area contributed by atoms with E-state index in [0.717, 1.165) is 21.1 Å². The second-order valence-electron chi connectivity index (χ2n) is 7.59. The molecule has 1 amide bonds. The van der Waals surface area contributed by atoms with E-state index in [4.69, 9.17) is 14.5 Å². The van der Waals surface area contributed by atoms with E-state index in [1.807, 2.05) is 12.1 Å². The molecule has 9 heteroatoms. The zero-order valence-electron chi connectivity index (χ0n) is 16.6. The molecule has 2 aliphatic rings. The van der Waals surface area contributed by atoms with Gasteiger partial charge in [0.2, 0.25) is 5.91 Å². The highest BCUT2D eigenvalue weighted by Crippen LogP contribution is 2.41. The van der Waals surface area contributed by atoms with Crippen molar-refractivity contribution in [3.05, 3.63) is 12.1 Å². The lowest BCUT2D eigenvalue weighted by Gasteiger charge is -2.37. The van der Waals surface area contributed by atoms with Crippen molar-refractivity contribution < 1.29 is 23.0 Å². The summed E-state index contributed by atoms with van der Waals surface area (Å²) in [4.78, 5) is 21.3. The molecule has 2 aliphatic heterocycles. The third kappa shape index (κ3) is 3.97. The van der Waals surface area contributed by atoms with Crippen molar-refractivity contribution in [3.8, 4) is 11.5 Å². The number of aromatic nitrogens is 1. The van der Waals surface area contributed by atoms with Gasteiger partial charge in [0, 0.05) is 44.9 Å². The molecule has 3 heterocycles. The van der Waals surface area contributed by atoms with Crippen LogP contribution in [0.25, 0.3) is 10.2 Å². The van der Waals surface area contributed by atoms with E-state index in [1.54, 1.807) is 30.5 Å². The number of hydrogen-bond donors (Lipinski definition) is 0. The highest BCUT2D eigenvalue weighted by atomic mass is 32.1. The smallest absolute Gasteiger partial charge is 0.251 e. The molecule has 2 saturated heterocycles. The van der Waals surface area contributed by atoms with Gasteiger partial charge < -0.3 is 19.3 Å². The Balaban J connectivity index is 1.43. The Morgan fingerprint density at radius 3 is 2.34 bits per heavy atom. The summed E-state index contributed by atoms with van der Waals surface area (Å²) in [6.07, 6.45) is 0.950. The molecule has 0 N–H and O–H groups in total. The number of hydrogen-bond acceptors (Lipinski definition) is 6. The summed E-state index contributed by atoms with van der Waals surface area (Å²) in [5.41, 5.74) is 0.777. The number of thiazole rings is 1. The average molecular weight is 426 g/mol. The number of benzene rings is 1. The fraction of sp³-hybridized carbons (Fsp3) is 0.600. The van der Waals surface area contributed by atoms with Crippen molar-refractivity contribution in [1.29, 1.82) is 0 Å². The lowest BCUT2D eigenvalue weighted by atomic mass is 9.94. The highest BCUT2D eigenvalue weighted by molar-refractivity contribution is 7.22. The van der Waals surface area contributed by atoms with Crippen molar-refractivity contribution >= 4 is 32.6 Å². The number of rotatable bonds is 4. The molecule has 0 radical (unpaired) electrons. The molecule has 4 rings (SSSR count). The Labute approximate surface area is 172 Å². The largest absolute Gasteiger partial charge is 0.495 e. The third-order valence-corrected chi connectivity index (χ3v) is 6.95. The van der Waals surface area contributed by atoms with Gasteiger partial charge in [-0.15, -0.1) is 0 Å². The summed E-state index contributed by atoms with van der Waals surface area (Å²) in [5.74, 6) is -1.24. The van der Waals surface area contributed by atoms with Gasteiger partial charge in [0.05, 0.1) is 14.2 Å². The zero-order valence-corrected chi connectivity index (χ0v) is 17.4. The molecular weight excluding hydrogens is 400 g/mol. The minimum Gasteiger partial charge on any atom is -0.495 e. The number of alkyl halides is 2. The van der Waals surface area contributed by atoms with Gasteiger partial charge in [0.25, 0.3) is 5.92 Å². The van der Waals surface area contributed by atoms with Gasteiger partial charge in [-0.1, -0.05) is 11.3 Å². The van der Waals surface area contributed by atoms with Crippen LogP contribution in [0.15, 0.2) is 12.1 Å². The maximum Gasteiger partial charge on any atom is 0.251 e. The standard InChI is InChI=1S/C20H25F2N3O3S/c1-27-14-3-4-15(28-2)17-16(14)23-19(29-17)25-9-5-13(6-10-25)18(26)24-11-7-20(21,22)8-12-24/h3-4,13H,5-12H2,1-2H3. The molecule has 1 aromatic heterocycles. The van der Waals surface area contributed by atoms with Crippen LogP contribution in [0.3, 0.4) is 0 Å². The fourth-order valence-corrected chi connectivity index (χ4v) is 5.17. The number of halogens is 2. The van der Waals surface area contributed by atoms with Crippen molar-refractivity contribution in [2.75, 3.05) is 45.3 Å². The molecule has 2 fully saturated rings. The van der Waals surface area contributed by atoms with E-state index in [-0.39, 0.29) is 37.8 Å². The van der Waals surface area contributed by atoms with Gasteiger partial charge in [0.1, 0.15) is 21.7 Å². The number of fused-ring (bicyclic) bond motifs is 1. The van der Waals surface area contributed by atoms with Crippen LogP contribution in [0.4, 0.5) is 13.9 Å². The van der Waals surface area contributed by atoms with Crippen LogP contribution in [0.5, 0.6) is 11.5 Å². The summed E-state index contributed by atoms with van der Waals surface area (Å²) < 4.78 is 38.5. The number of piperidine rings is 2. The predicted octanol–water partition coefficient (Wildman–Crippen LogP) is 3.79. The molecule has 0 aliphatic carbocycles. The maximum atomic E-state index is 13.4. The molecule has 1 aromatic carbocycles. The molecule has 2 aromatic rings. The van der Waals surface area contributed by atoms with Crippen LogP contribution in [0.2, 0.25) is 0 Å². The maximum absolute atomic E-state index is 13.4. The first-order valence-corrected chi connectivity index (χ1v) is 10.7. The first-order chi connectivity index (χ1) is 13.9. The van der Waals surface area contributed by atoms with Crippen molar-refractivity contribution in [3.63, 3.8) is 0 Å². The summed E-state index contributed by atoms with van der Waals surface area (Å²) >= 11 is 1.55. The Morgan fingerprint density at radius 2 is 1.72 bits per heavy atom. The van der Waals surface area contributed by atoms with Gasteiger partial charge >= 0.3 is 0 Å². The lowest BCUT2D eigenvalue weighted by Crippen LogP contribution is -2.47. The number of methoxy groups -OCH3 is 2. The molecular formula is C20H25F2N3O3S. The normalized spacial score (nSPS) is 20.1. The summed E-state index contributed by atoms with van der Waals surface area (Å²) in [6.45, 7) is 1.74. The van der Waals surface area contributed by atoms with Gasteiger partial charge in [-0.2, -0.15) is 0 Å². The first-order valence-electron chi connectivity index (χ1n) is 9.85. The molecule has 0 bridgehead atoms. The number of amides is 1. The van der Waals surface area contributed by atoms with Crippen molar-refractivity contribution in [2.45, 2.75) is 31.6 Å². The summed E-state index contributed by atoms with van der Waals surface area (Å²) in [7, 11) is 3.25. The lowest BCUT2D eigenvalue weighted by molar-refractivity contribution is -0.142. The number of likely N-dealkylation sites (tertiary alicyclic amines) is 1. The fourth-order valence-electron chi connectivity index (χ4n) is 4.04. The number of anilines is 1. The van der Waals surface area contributed by atoms with E-state index in [0.29, 0.717) is 31.7 Å². The first kappa shape index (κ1) is 20.1. The van der Waals surface area contributed by atoms with Crippen molar-refractivity contribution in [2.24, 2.45) is 5.92 Å². The van der Waals surface area contributed by atoms with Crippen molar-refractivity contribution in [1.82, 2.24) is 9.88 Å². The van der Waals surface area contributed by atoms with Crippen LogP contribution in [-0.2, 0) is 4.79 Å². The Hall–Kier alpha value is -2.16. The number of nitrogens with zero attached hydrogens (tertiary/aromatic N) is 3. The topological polar surface area (TPSA) is 54.9 Å². The average Bonchev–Trinajstić information content (AvgIpc) is 3.18. The Bertz CT molecular complexity index is 845. The van der Waals surface area contributed by atoms with E-state index in [1.165, 1.54) is 0 Å². The van der Waals surface area contributed by atoms with E-state index in [2.05, 4.69) is 4.90 Å². The monoisotopic (exact) mass is 425 g/mol. The minimum atomic E-state index is -2.63.